The SMILES string of the molecule is CN=C(NCCCCn1ccnc1C)NC(C)c1cc(C)ccc1OC. The van der Waals surface area contributed by atoms with Crippen LogP contribution in [0.3, 0.4) is 0 Å². The van der Waals surface area contributed by atoms with E-state index < -0.39 is 0 Å². The Balaban J connectivity index is 1.80. The molecule has 1 aromatic heterocycles. The first-order valence-electron chi connectivity index (χ1n) is 9.14. The second-order valence-corrected chi connectivity index (χ2v) is 6.49. The van der Waals surface area contributed by atoms with Crippen LogP contribution in [0.25, 0.3) is 0 Å². The number of aryl methyl sites for hydroxylation is 3. The molecule has 0 amide bonds. The van der Waals surface area contributed by atoms with Gasteiger partial charge in [0.25, 0.3) is 0 Å². The largest absolute Gasteiger partial charge is 0.496 e. The number of aliphatic imine (C=N–C) groups is 1. The predicted octanol–water partition coefficient (Wildman–Crippen LogP) is 3.21. The number of methoxy groups -OCH3 is 1. The Morgan fingerprint density at radius 2 is 2.12 bits per heavy atom. The molecule has 26 heavy (non-hydrogen) atoms. The van der Waals surface area contributed by atoms with Crippen molar-refractivity contribution < 1.29 is 4.74 Å². The second-order valence-electron chi connectivity index (χ2n) is 6.49. The van der Waals surface area contributed by atoms with Gasteiger partial charge >= 0.3 is 0 Å². The molecule has 2 rings (SSSR count). The van der Waals surface area contributed by atoms with Crippen molar-refractivity contribution in [3.8, 4) is 5.75 Å². The molecule has 142 valence electrons. The van der Waals surface area contributed by atoms with Crippen molar-refractivity contribution in [3.63, 3.8) is 0 Å². The van der Waals surface area contributed by atoms with Crippen molar-refractivity contribution in [2.75, 3.05) is 20.7 Å². The number of benzene rings is 1. The fourth-order valence-corrected chi connectivity index (χ4v) is 2.92. The van der Waals surface area contributed by atoms with Gasteiger partial charge in [0, 0.05) is 38.1 Å². The van der Waals surface area contributed by atoms with Gasteiger partial charge in [-0.2, -0.15) is 0 Å². The van der Waals surface area contributed by atoms with E-state index in [1.165, 1.54) is 5.56 Å². The lowest BCUT2D eigenvalue weighted by Crippen LogP contribution is -2.39. The summed E-state index contributed by atoms with van der Waals surface area (Å²) in [7, 11) is 3.50. The highest BCUT2D eigenvalue weighted by atomic mass is 16.5. The molecule has 0 fully saturated rings. The number of aromatic nitrogens is 2. The van der Waals surface area contributed by atoms with Gasteiger partial charge in [-0.05, 0) is 39.7 Å². The zero-order chi connectivity index (χ0) is 18.9. The van der Waals surface area contributed by atoms with Gasteiger partial charge in [0.05, 0.1) is 13.2 Å². The molecule has 0 saturated carbocycles. The van der Waals surface area contributed by atoms with Crippen LogP contribution in [0.5, 0.6) is 5.75 Å². The number of rotatable bonds is 8. The molecular formula is C20H31N5O. The van der Waals surface area contributed by atoms with Crippen LogP contribution in [-0.2, 0) is 6.54 Å². The highest BCUT2D eigenvalue weighted by molar-refractivity contribution is 5.80. The molecule has 6 nitrogen and oxygen atoms in total. The number of hydrogen-bond acceptors (Lipinski definition) is 3. The van der Waals surface area contributed by atoms with Crippen molar-refractivity contribution in [2.24, 2.45) is 4.99 Å². The van der Waals surface area contributed by atoms with Gasteiger partial charge in [0.1, 0.15) is 11.6 Å². The van der Waals surface area contributed by atoms with Crippen molar-refractivity contribution >= 4 is 5.96 Å². The molecule has 0 radical (unpaired) electrons. The summed E-state index contributed by atoms with van der Waals surface area (Å²) in [4.78, 5) is 8.58. The van der Waals surface area contributed by atoms with Crippen LogP contribution >= 0.6 is 0 Å². The van der Waals surface area contributed by atoms with Gasteiger partial charge in [-0.15, -0.1) is 0 Å². The molecule has 2 N–H and O–H groups in total. The van der Waals surface area contributed by atoms with E-state index in [0.717, 1.165) is 49.0 Å². The molecular weight excluding hydrogens is 326 g/mol. The Hall–Kier alpha value is -2.50. The van der Waals surface area contributed by atoms with Gasteiger partial charge in [0.2, 0.25) is 0 Å². The van der Waals surface area contributed by atoms with Crippen LogP contribution in [0.15, 0.2) is 35.6 Å². The molecule has 0 spiro atoms. The van der Waals surface area contributed by atoms with E-state index in [4.69, 9.17) is 4.74 Å². The summed E-state index contributed by atoms with van der Waals surface area (Å²) in [5.41, 5.74) is 2.35. The summed E-state index contributed by atoms with van der Waals surface area (Å²) >= 11 is 0. The summed E-state index contributed by atoms with van der Waals surface area (Å²) in [5, 5.41) is 6.83. The van der Waals surface area contributed by atoms with Crippen molar-refractivity contribution in [2.45, 2.75) is 46.2 Å². The monoisotopic (exact) mass is 357 g/mol. The molecule has 0 saturated heterocycles. The van der Waals surface area contributed by atoms with E-state index in [-0.39, 0.29) is 6.04 Å². The Bertz CT molecular complexity index is 723. The van der Waals surface area contributed by atoms with E-state index in [1.807, 2.05) is 25.4 Å². The first kappa shape index (κ1) is 19.8. The lowest BCUT2D eigenvalue weighted by molar-refractivity contribution is 0.405. The van der Waals surface area contributed by atoms with Crippen LogP contribution < -0.4 is 15.4 Å². The van der Waals surface area contributed by atoms with E-state index in [1.54, 1.807) is 14.2 Å². The lowest BCUT2D eigenvalue weighted by Gasteiger charge is -2.20. The van der Waals surface area contributed by atoms with E-state index >= 15 is 0 Å². The Kier molecular flexibility index (Phi) is 7.51. The Labute approximate surface area is 156 Å². The fraction of sp³-hybridized carbons (Fsp3) is 0.500. The van der Waals surface area contributed by atoms with Gasteiger partial charge in [-0.1, -0.05) is 17.7 Å². The minimum absolute atomic E-state index is 0.102. The molecule has 1 heterocycles. The van der Waals surface area contributed by atoms with E-state index in [9.17, 15) is 0 Å². The molecule has 0 aliphatic carbocycles. The van der Waals surface area contributed by atoms with Crippen molar-refractivity contribution in [3.05, 3.63) is 47.5 Å². The standard InChI is InChI=1S/C20H31N5O/c1-15-8-9-19(26-5)18(14-15)16(2)24-20(21-4)23-10-6-7-12-25-13-11-22-17(25)3/h8-9,11,13-14,16H,6-7,10,12H2,1-5H3,(H2,21,23,24). The molecule has 1 atom stereocenters. The number of unbranched alkanes of at least 4 members (excludes halogenated alkanes) is 1. The van der Waals surface area contributed by atoms with Gasteiger partial charge in [-0.25, -0.2) is 4.98 Å². The molecule has 0 aliphatic heterocycles. The maximum atomic E-state index is 5.49. The minimum Gasteiger partial charge on any atom is -0.496 e. The lowest BCUT2D eigenvalue weighted by atomic mass is 10.0. The summed E-state index contributed by atoms with van der Waals surface area (Å²) in [6.07, 6.45) is 6.05. The molecule has 2 aromatic rings. The van der Waals surface area contributed by atoms with Crippen LogP contribution in [0, 0.1) is 13.8 Å². The molecule has 6 heteroatoms. The third kappa shape index (κ3) is 5.51. The van der Waals surface area contributed by atoms with Gasteiger partial charge < -0.3 is 19.9 Å². The predicted molar refractivity (Wildman–Crippen MR) is 107 cm³/mol. The zero-order valence-electron chi connectivity index (χ0n) is 16.5. The number of hydrogen-bond donors (Lipinski definition) is 2. The highest BCUT2D eigenvalue weighted by Crippen LogP contribution is 2.25. The molecule has 0 bridgehead atoms. The fourth-order valence-electron chi connectivity index (χ4n) is 2.92. The highest BCUT2D eigenvalue weighted by Gasteiger charge is 2.13. The maximum absolute atomic E-state index is 5.49. The molecule has 1 unspecified atom stereocenters. The Morgan fingerprint density at radius 1 is 1.31 bits per heavy atom. The summed E-state index contributed by atoms with van der Waals surface area (Å²) < 4.78 is 7.67. The quantitative estimate of drug-likeness (QED) is 0.433. The van der Waals surface area contributed by atoms with Crippen LogP contribution in [0.1, 0.15) is 42.8 Å². The number of guanidine groups is 1. The second kappa shape index (κ2) is 9.85. The van der Waals surface area contributed by atoms with Crippen LogP contribution in [0.4, 0.5) is 0 Å². The normalized spacial score (nSPS) is 12.7. The van der Waals surface area contributed by atoms with Crippen LogP contribution in [0.2, 0.25) is 0 Å². The molecule has 1 aromatic carbocycles. The summed E-state index contributed by atoms with van der Waals surface area (Å²) in [6.45, 7) is 8.11. The average Bonchev–Trinajstić information content (AvgIpc) is 3.05. The van der Waals surface area contributed by atoms with Gasteiger partial charge in [0.15, 0.2) is 5.96 Å². The molecule has 0 aliphatic rings. The first-order chi connectivity index (χ1) is 12.5. The smallest absolute Gasteiger partial charge is 0.191 e. The maximum Gasteiger partial charge on any atom is 0.191 e. The zero-order valence-corrected chi connectivity index (χ0v) is 16.5. The number of imidazole rings is 1. The van der Waals surface area contributed by atoms with Gasteiger partial charge in [-0.3, -0.25) is 4.99 Å². The summed E-state index contributed by atoms with van der Waals surface area (Å²) in [5.74, 6) is 2.76. The van der Waals surface area contributed by atoms with Crippen molar-refractivity contribution in [1.82, 2.24) is 20.2 Å². The van der Waals surface area contributed by atoms with Crippen molar-refractivity contribution in [1.29, 1.82) is 0 Å². The van der Waals surface area contributed by atoms with Crippen LogP contribution in [-0.4, -0.2) is 36.2 Å². The minimum atomic E-state index is 0.102. The summed E-state index contributed by atoms with van der Waals surface area (Å²) in [6, 6.07) is 6.32. The van der Waals surface area contributed by atoms with E-state index in [0.29, 0.717) is 0 Å². The van der Waals surface area contributed by atoms with E-state index in [2.05, 4.69) is 51.2 Å². The topological polar surface area (TPSA) is 63.5 Å². The third-order valence-corrected chi connectivity index (χ3v) is 4.47. The Morgan fingerprint density at radius 3 is 2.77 bits per heavy atom. The first-order valence-corrected chi connectivity index (χ1v) is 9.14. The number of ether oxygens (including phenoxy) is 1. The number of nitrogens with one attached hydrogen (secondary N) is 2. The average molecular weight is 358 g/mol. The number of nitrogens with zero attached hydrogens (tertiary/aromatic N) is 3. The third-order valence-electron chi connectivity index (χ3n) is 4.47.